The number of anilines is 3. The van der Waals surface area contributed by atoms with Crippen molar-refractivity contribution in [2.24, 2.45) is 4.99 Å². The molecule has 2 aromatic heterocycles. The number of pyridine rings is 1. The second kappa shape index (κ2) is 9.83. The van der Waals surface area contributed by atoms with Crippen LogP contribution in [0.2, 0.25) is 0 Å². The van der Waals surface area contributed by atoms with Crippen molar-refractivity contribution in [3.63, 3.8) is 0 Å². The highest BCUT2D eigenvalue weighted by Gasteiger charge is 2.33. The molecule has 0 bridgehead atoms. The third kappa shape index (κ3) is 5.03. The van der Waals surface area contributed by atoms with Crippen molar-refractivity contribution in [1.82, 2.24) is 15.2 Å². The van der Waals surface area contributed by atoms with E-state index in [1.54, 1.807) is 12.1 Å². The Bertz CT molecular complexity index is 1550. The number of halogens is 3. The van der Waals surface area contributed by atoms with E-state index in [1.165, 1.54) is 0 Å². The molecule has 1 amide bonds. The first-order valence-corrected chi connectivity index (χ1v) is 11.9. The van der Waals surface area contributed by atoms with Crippen molar-refractivity contribution < 1.29 is 27.1 Å². The minimum atomic E-state index is -4.58. The molecule has 1 fully saturated rings. The smallest absolute Gasteiger partial charge is 0.402 e. The number of carbonyl (C=O) groups excluding carboxylic acids is 1. The number of alkyl halides is 3. The van der Waals surface area contributed by atoms with Gasteiger partial charge in [0.1, 0.15) is 0 Å². The number of fused-ring (bicyclic) bond motifs is 1. The van der Waals surface area contributed by atoms with Crippen LogP contribution in [-0.2, 0) is 15.7 Å². The van der Waals surface area contributed by atoms with Crippen LogP contribution >= 0.6 is 0 Å². The highest BCUT2D eigenvalue weighted by molar-refractivity contribution is 6.19. The monoisotopic (exact) mass is 535 g/mol. The Balaban J connectivity index is 1.32. The van der Waals surface area contributed by atoms with Crippen molar-refractivity contribution >= 4 is 29.0 Å². The molecule has 39 heavy (non-hydrogen) atoms. The summed E-state index contributed by atoms with van der Waals surface area (Å²) < 4.78 is 50.7. The van der Waals surface area contributed by atoms with Crippen LogP contribution in [0.3, 0.4) is 0 Å². The predicted molar refractivity (Wildman–Crippen MR) is 135 cm³/mol. The summed E-state index contributed by atoms with van der Waals surface area (Å²) in [5, 5.41) is 16.5. The normalized spacial score (nSPS) is 17.4. The number of nitrogens with one attached hydrogen (secondary N) is 3. The molecule has 198 valence electrons. The van der Waals surface area contributed by atoms with E-state index < -0.39 is 23.8 Å². The number of aliphatic imine (C=N–C) groups is 1. The van der Waals surface area contributed by atoms with E-state index in [2.05, 4.69) is 36.1 Å². The largest absolute Gasteiger partial charge is 0.417 e. The quantitative estimate of drug-likeness (QED) is 0.336. The SMILES string of the molecule is O=C1Nc2ccccc2C(c2ccccc2)=NC1Nc1nnc(-c2ncc(C(F)(F)F)cc2NC2COC2)o1. The van der Waals surface area contributed by atoms with Crippen molar-refractivity contribution in [3.8, 4) is 11.6 Å². The average molecular weight is 535 g/mol. The van der Waals surface area contributed by atoms with Crippen molar-refractivity contribution in [1.29, 1.82) is 0 Å². The van der Waals surface area contributed by atoms with Crippen LogP contribution in [0.5, 0.6) is 0 Å². The molecule has 1 atom stereocenters. The molecule has 2 aromatic carbocycles. The molecule has 0 aliphatic carbocycles. The Morgan fingerprint density at radius 3 is 2.49 bits per heavy atom. The van der Waals surface area contributed by atoms with Crippen LogP contribution in [0.1, 0.15) is 16.7 Å². The number of amides is 1. The molecule has 2 aliphatic rings. The lowest BCUT2D eigenvalue weighted by molar-refractivity contribution is -0.137. The summed E-state index contributed by atoms with van der Waals surface area (Å²) in [6, 6.07) is 17.2. The number of benzene rings is 2. The molecule has 4 aromatic rings. The van der Waals surface area contributed by atoms with Gasteiger partial charge in [0.15, 0.2) is 5.69 Å². The molecule has 4 heterocycles. The summed E-state index contributed by atoms with van der Waals surface area (Å²) in [7, 11) is 0. The van der Waals surface area contributed by atoms with E-state index in [0.29, 0.717) is 30.8 Å². The molecule has 1 saturated heterocycles. The van der Waals surface area contributed by atoms with Crippen molar-refractivity contribution in [3.05, 3.63) is 83.6 Å². The van der Waals surface area contributed by atoms with Crippen LogP contribution in [0.15, 0.2) is 76.3 Å². The van der Waals surface area contributed by atoms with Crippen LogP contribution in [-0.4, -0.2) is 52.2 Å². The number of ether oxygens (including phenoxy) is 1. The van der Waals surface area contributed by atoms with E-state index in [4.69, 9.17) is 9.15 Å². The van der Waals surface area contributed by atoms with E-state index in [9.17, 15) is 18.0 Å². The number of hydrogen-bond donors (Lipinski definition) is 3. The maximum Gasteiger partial charge on any atom is 0.417 e. The molecule has 13 heteroatoms. The van der Waals surface area contributed by atoms with Gasteiger partial charge < -0.3 is 25.1 Å². The Labute approximate surface area is 219 Å². The fourth-order valence-corrected chi connectivity index (χ4v) is 4.11. The van der Waals surface area contributed by atoms with E-state index in [0.717, 1.165) is 17.2 Å². The summed E-state index contributed by atoms with van der Waals surface area (Å²) in [5.41, 5.74) is 1.86. The minimum Gasteiger partial charge on any atom is -0.402 e. The summed E-state index contributed by atoms with van der Waals surface area (Å²) in [4.78, 5) is 21.7. The second-order valence-electron chi connectivity index (χ2n) is 8.83. The topological polar surface area (TPSA) is 127 Å². The van der Waals surface area contributed by atoms with Gasteiger partial charge in [0, 0.05) is 17.3 Å². The Morgan fingerprint density at radius 1 is 0.974 bits per heavy atom. The maximum atomic E-state index is 13.3. The Morgan fingerprint density at radius 2 is 1.74 bits per heavy atom. The number of aromatic nitrogens is 3. The third-order valence-electron chi connectivity index (χ3n) is 6.09. The van der Waals surface area contributed by atoms with Gasteiger partial charge in [-0.05, 0) is 12.1 Å². The number of hydrogen-bond acceptors (Lipinski definition) is 9. The fraction of sp³-hybridized carbons (Fsp3) is 0.192. The first kappa shape index (κ1) is 24.6. The third-order valence-corrected chi connectivity index (χ3v) is 6.09. The molecule has 0 spiro atoms. The summed E-state index contributed by atoms with van der Waals surface area (Å²) >= 11 is 0. The molecule has 3 N–H and O–H groups in total. The number of carbonyl (C=O) groups is 1. The van der Waals surface area contributed by atoms with Crippen molar-refractivity contribution in [2.75, 3.05) is 29.2 Å². The first-order chi connectivity index (χ1) is 18.8. The van der Waals surface area contributed by atoms with Gasteiger partial charge in [0.25, 0.3) is 11.8 Å². The predicted octanol–water partition coefficient (Wildman–Crippen LogP) is 4.19. The average Bonchev–Trinajstić information content (AvgIpc) is 3.31. The van der Waals surface area contributed by atoms with Gasteiger partial charge >= 0.3 is 12.2 Å². The number of benzodiazepines with no additional fused rings is 1. The van der Waals surface area contributed by atoms with E-state index in [-0.39, 0.29) is 29.3 Å². The zero-order valence-corrected chi connectivity index (χ0v) is 20.1. The molecule has 2 aliphatic heterocycles. The Kier molecular flexibility index (Phi) is 6.19. The lowest BCUT2D eigenvalue weighted by atomic mass is 10.0. The van der Waals surface area contributed by atoms with Gasteiger partial charge in [-0.25, -0.2) is 9.98 Å². The first-order valence-electron chi connectivity index (χ1n) is 11.9. The van der Waals surface area contributed by atoms with Gasteiger partial charge in [-0.2, -0.15) is 13.2 Å². The van der Waals surface area contributed by atoms with Gasteiger partial charge in [-0.3, -0.25) is 4.79 Å². The molecular weight excluding hydrogens is 515 g/mol. The lowest BCUT2D eigenvalue weighted by Crippen LogP contribution is -2.40. The fourth-order valence-electron chi connectivity index (χ4n) is 4.11. The van der Waals surface area contributed by atoms with Crippen LogP contribution in [0.25, 0.3) is 11.6 Å². The summed E-state index contributed by atoms with van der Waals surface area (Å²) in [6.45, 7) is 0.681. The van der Waals surface area contributed by atoms with Crippen LogP contribution in [0.4, 0.5) is 30.6 Å². The molecule has 6 rings (SSSR count). The standard InChI is InChI=1S/C26H20F3N7O3/c27-26(28,29)15-10-19(31-16-12-38-13-16)21(30-11-15)24-35-36-25(39-24)34-22-23(37)32-18-9-5-4-8-17(18)20(33-22)14-6-2-1-3-7-14/h1-11,16,22,31H,12-13H2,(H,32,37)(H,34,36). The molecule has 1 unspecified atom stereocenters. The molecular formula is C26H20F3N7O3. The summed E-state index contributed by atoms with van der Waals surface area (Å²) in [5.74, 6) is -0.605. The highest BCUT2D eigenvalue weighted by Crippen LogP contribution is 2.35. The highest BCUT2D eigenvalue weighted by atomic mass is 19.4. The van der Waals surface area contributed by atoms with E-state index in [1.807, 2.05) is 42.5 Å². The van der Waals surface area contributed by atoms with E-state index >= 15 is 0 Å². The second-order valence-corrected chi connectivity index (χ2v) is 8.83. The van der Waals surface area contributed by atoms with Gasteiger partial charge in [-0.15, -0.1) is 5.10 Å². The lowest BCUT2D eigenvalue weighted by Gasteiger charge is -2.28. The molecule has 10 nitrogen and oxygen atoms in total. The minimum absolute atomic E-state index is 0.0293. The number of para-hydroxylation sites is 1. The van der Waals surface area contributed by atoms with Crippen molar-refractivity contribution in [2.45, 2.75) is 18.4 Å². The van der Waals surface area contributed by atoms with Crippen LogP contribution in [0, 0.1) is 0 Å². The molecule has 0 radical (unpaired) electrons. The number of rotatable bonds is 6. The maximum absolute atomic E-state index is 13.3. The van der Waals surface area contributed by atoms with Gasteiger partial charge in [0.2, 0.25) is 6.17 Å². The zero-order valence-electron chi connectivity index (χ0n) is 20.1. The number of nitrogens with zero attached hydrogens (tertiary/aromatic N) is 4. The summed E-state index contributed by atoms with van der Waals surface area (Å²) in [6.07, 6.45) is -5.04. The van der Waals surface area contributed by atoms with Gasteiger partial charge in [-0.1, -0.05) is 53.6 Å². The Hall–Kier alpha value is -4.78. The molecule has 0 saturated carbocycles. The van der Waals surface area contributed by atoms with Gasteiger partial charge in [0.05, 0.1) is 41.9 Å². The zero-order chi connectivity index (χ0) is 27.0. The van der Waals surface area contributed by atoms with Crippen LogP contribution < -0.4 is 16.0 Å².